The van der Waals surface area contributed by atoms with E-state index < -0.39 is 0 Å². The Kier molecular flexibility index (Phi) is 4.29. The van der Waals surface area contributed by atoms with Gasteiger partial charge in [0.05, 0.1) is 24.3 Å². The van der Waals surface area contributed by atoms with Crippen molar-refractivity contribution in [3.8, 4) is 11.5 Å². The Morgan fingerprint density at radius 1 is 1.05 bits per heavy atom. The van der Waals surface area contributed by atoms with E-state index in [2.05, 4.69) is 15.9 Å². The Morgan fingerprint density at radius 3 is 2.35 bits per heavy atom. The number of ether oxygens (including phenoxy) is 2. The largest absolute Gasteiger partial charge is 0.496 e. The Morgan fingerprint density at radius 2 is 1.75 bits per heavy atom. The molecule has 0 aromatic heterocycles. The number of ketones is 1. The van der Waals surface area contributed by atoms with Crippen molar-refractivity contribution < 1.29 is 14.3 Å². The molecule has 20 heavy (non-hydrogen) atoms. The summed E-state index contributed by atoms with van der Waals surface area (Å²) in [5.41, 5.74) is 7.25. The lowest BCUT2D eigenvalue weighted by atomic mass is 10.0. The fraction of sp³-hybridized carbons (Fsp3) is 0.133. The van der Waals surface area contributed by atoms with E-state index in [0.29, 0.717) is 28.3 Å². The van der Waals surface area contributed by atoms with E-state index in [1.165, 1.54) is 7.11 Å². The van der Waals surface area contributed by atoms with Gasteiger partial charge in [0.2, 0.25) is 0 Å². The molecule has 0 saturated heterocycles. The van der Waals surface area contributed by atoms with E-state index in [1.807, 2.05) is 0 Å². The summed E-state index contributed by atoms with van der Waals surface area (Å²) >= 11 is 3.37. The highest BCUT2D eigenvalue weighted by atomic mass is 79.9. The van der Waals surface area contributed by atoms with E-state index in [0.717, 1.165) is 4.47 Å². The zero-order valence-electron chi connectivity index (χ0n) is 11.1. The molecule has 2 N–H and O–H groups in total. The Labute approximate surface area is 125 Å². The summed E-state index contributed by atoms with van der Waals surface area (Å²) < 4.78 is 11.1. The Balaban J connectivity index is 2.43. The van der Waals surface area contributed by atoms with Crippen LogP contribution < -0.4 is 15.2 Å². The van der Waals surface area contributed by atoms with Crippen molar-refractivity contribution in [3.63, 3.8) is 0 Å². The van der Waals surface area contributed by atoms with Crippen LogP contribution in [0.4, 0.5) is 5.69 Å². The maximum Gasteiger partial charge on any atom is 0.196 e. The van der Waals surface area contributed by atoms with Crippen LogP contribution in [0.5, 0.6) is 11.5 Å². The van der Waals surface area contributed by atoms with Crippen molar-refractivity contribution in [2.45, 2.75) is 0 Å². The minimum Gasteiger partial charge on any atom is -0.496 e. The number of hydrogen-bond donors (Lipinski definition) is 1. The van der Waals surface area contributed by atoms with Gasteiger partial charge in [-0.2, -0.15) is 0 Å². The van der Waals surface area contributed by atoms with Gasteiger partial charge in [0.15, 0.2) is 5.78 Å². The summed E-state index contributed by atoms with van der Waals surface area (Å²) in [5.74, 6) is 0.998. The number of halogens is 1. The number of nitrogens with two attached hydrogens (primary N) is 1. The standard InChI is InChI=1S/C15H14BrNO3/c1-19-13-6-3-9(7-12(13)16)15(18)11-5-4-10(17)8-14(11)20-2/h3-8H,17H2,1-2H3. The lowest BCUT2D eigenvalue weighted by Gasteiger charge is -2.10. The van der Waals surface area contributed by atoms with Crippen molar-refractivity contribution in [2.24, 2.45) is 0 Å². The van der Waals surface area contributed by atoms with E-state index in [9.17, 15) is 4.79 Å². The summed E-state index contributed by atoms with van der Waals surface area (Å²) in [4.78, 5) is 12.5. The molecule has 2 aromatic rings. The molecule has 0 bridgehead atoms. The lowest BCUT2D eigenvalue weighted by Crippen LogP contribution is -2.05. The van der Waals surface area contributed by atoms with Crippen LogP contribution in [0.15, 0.2) is 40.9 Å². The highest BCUT2D eigenvalue weighted by molar-refractivity contribution is 9.10. The number of anilines is 1. The van der Waals surface area contributed by atoms with Crippen LogP contribution in [0.3, 0.4) is 0 Å². The first-order valence-corrected chi connectivity index (χ1v) is 6.68. The average molecular weight is 336 g/mol. The quantitative estimate of drug-likeness (QED) is 0.688. The molecule has 0 amide bonds. The van der Waals surface area contributed by atoms with Crippen molar-refractivity contribution in [2.75, 3.05) is 20.0 Å². The van der Waals surface area contributed by atoms with Gasteiger partial charge < -0.3 is 15.2 Å². The second-order valence-electron chi connectivity index (χ2n) is 4.14. The van der Waals surface area contributed by atoms with Crippen LogP contribution in [0.2, 0.25) is 0 Å². The molecule has 0 saturated carbocycles. The maximum absolute atomic E-state index is 12.5. The number of carbonyl (C=O) groups excluding carboxylic acids is 1. The summed E-state index contributed by atoms with van der Waals surface area (Å²) in [5, 5.41) is 0. The van der Waals surface area contributed by atoms with Gasteiger partial charge in [0.1, 0.15) is 11.5 Å². The van der Waals surface area contributed by atoms with E-state index in [4.69, 9.17) is 15.2 Å². The first kappa shape index (κ1) is 14.4. The molecular weight excluding hydrogens is 322 g/mol. The van der Waals surface area contributed by atoms with Crippen LogP contribution in [-0.2, 0) is 0 Å². The molecule has 2 aromatic carbocycles. The van der Waals surface area contributed by atoms with Crippen LogP contribution in [0, 0.1) is 0 Å². The van der Waals surface area contributed by atoms with Gasteiger partial charge in [0, 0.05) is 17.3 Å². The van der Waals surface area contributed by atoms with Crippen LogP contribution >= 0.6 is 15.9 Å². The average Bonchev–Trinajstić information content (AvgIpc) is 2.46. The van der Waals surface area contributed by atoms with Gasteiger partial charge in [0.25, 0.3) is 0 Å². The molecule has 0 aliphatic carbocycles. The van der Waals surface area contributed by atoms with Gasteiger partial charge >= 0.3 is 0 Å². The molecular formula is C15H14BrNO3. The molecule has 0 aliphatic heterocycles. The molecule has 104 valence electrons. The SMILES string of the molecule is COc1ccc(C(=O)c2ccc(N)cc2OC)cc1Br. The van der Waals surface area contributed by atoms with Crippen molar-refractivity contribution >= 4 is 27.4 Å². The number of nitrogen functional groups attached to an aromatic ring is 1. The zero-order valence-corrected chi connectivity index (χ0v) is 12.7. The number of rotatable bonds is 4. The van der Waals surface area contributed by atoms with Crippen LogP contribution in [0.1, 0.15) is 15.9 Å². The minimum atomic E-state index is -0.134. The van der Waals surface area contributed by atoms with E-state index >= 15 is 0 Å². The minimum absolute atomic E-state index is 0.134. The number of hydrogen-bond acceptors (Lipinski definition) is 4. The topological polar surface area (TPSA) is 61.5 Å². The van der Waals surface area contributed by atoms with Crippen molar-refractivity contribution in [1.82, 2.24) is 0 Å². The predicted octanol–water partition coefficient (Wildman–Crippen LogP) is 3.28. The molecule has 0 heterocycles. The normalized spacial score (nSPS) is 10.2. The van der Waals surface area contributed by atoms with Gasteiger partial charge in [-0.3, -0.25) is 4.79 Å². The van der Waals surface area contributed by atoms with Crippen molar-refractivity contribution in [3.05, 3.63) is 52.0 Å². The molecule has 0 atom stereocenters. The van der Waals surface area contributed by atoms with Crippen LogP contribution in [0.25, 0.3) is 0 Å². The monoisotopic (exact) mass is 335 g/mol. The van der Waals surface area contributed by atoms with Crippen molar-refractivity contribution in [1.29, 1.82) is 0 Å². The number of methoxy groups -OCH3 is 2. The number of carbonyl (C=O) groups is 1. The van der Waals surface area contributed by atoms with Gasteiger partial charge in [-0.15, -0.1) is 0 Å². The second-order valence-corrected chi connectivity index (χ2v) is 4.99. The molecule has 0 unspecified atom stereocenters. The third-order valence-corrected chi connectivity index (χ3v) is 3.50. The Hall–Kier alpha value is -2.01. The molecule has 4 nitrogen and oxygen atoms in total. The van der Waals surface area contributed by atoms with E-state index in [1.54, 1.807) is 43.5 Å². The first-order valence-electron chi connectivity index (χ1n) is 5.88. The first-order chi connectivity index (χ1) is 9.56. The number of benzene rings is 2. The van der Waals surface area contributed by atoms with Gasteiger partial charge in [-0.05, 0) is 46.3 Å². The Bertz CT molecular complexity index is 656. The highest BCUT2D eigenvalue weighted by Crippen LogP contribution is 2.29. The smallest absolute Gasteiger partial charge is 0.196 e. The van der Waals surface area contributed by atoms with E-state index in [-0.39, 0.29) is 5.78 Å². The van der Waals surface area contributed by atoms with Crippen LogP contribution in [-0.4, -0.2) is 20.0 Å². The lowest BCUT2D eigenvalue weighted by molar-refractivity contribution is 0.103. The summed E-state index contributed by atoms with van der Waals surface area (Å²) in [6.45, 7) is 0. The summed E-state index contributed by atoms with van der Waals surface area (Å²) in [7, 11) is 3.08. The molecule has 0 spiro atoms. The van der Waals surface area contributed by atoms with Gasteiger partial charge in [-0.25, -0.2) is 0 Å². The summed E-state index contributed by atoms with van der Waals surface area (Å²) in [6, 6.07) is 10.1. The fourth-order valence-electron chi connectivity index (χ4n) is 1.86. The molecule has 0 radical (unpaired) electrons. The second kappa shape index (κ2) is 5.96. The maximum atomic E-state index is 12.5. The fourth-order valence-corrected chi connectivity index (χ4v) is 2.40. The third kappa shape index (κ3) is 2.77. The predicted molar refractivity (Wildman–Crippen MR) is 81.5 cm³/mol. The van der Waals surface area contributed by atoms with Gasteiger partial charge in [-0.1, -0.05) is 0 Å². The zero-order chi connectivity index (χ0) is 14.7. The molecule has 5 heteroatoms. The molecule has 2 rings (SSSR count). The molecule has 0 aliphatic rings. The molecule has 0 fully saturated rings. The third-order valence-electron chi connectivity index (χ3n) is 2.88. The summed E-state index contributed by atoms with van der Waals surface area (Å²) in [6.07, 6.45) is 0. The highest BCUT2D eigenvalue weighted by Gasteiger charge is 2.16.